The molecule has 2 aliphatic heterocycles. The van der Waals surface area contributed by atoms with Gasteiger partial charge in [0, 0.05) is 0 Å². The number of carbonyl (C=O) groups excluding carboxylic acids is 2. The van der Waals surface area contributed by atoms with E-state index in [1.54, 1.807) is 0 Å². The molecule has 0 amide bonds. The van der Waals surface area contributed by atoms with Gasteiger partial charge < -0.3 is 9.47 Å². The summed E-state index contributed by atoms with van der Waals surface area (Å²) in [7, 11) is 0. The van der Waals surface area contributed by atoms with Crippen LogP contribution < -0.4 is 0 Å². The molecule has 3 unspecified atom stereocenters. The fraction of sp³-hybridized carbons (Fsp3) is 0.833. The molecule has 2 aliphatic rings. The Morgan fingerprint density at radius 2 is 2.00 bits per heavy atom. The molecule has 0 saturated carbocycles. The molecule has 3 atom stereocenters. The van der Waals surface area contributed by atoms with Gasteiger partial charge in [-0.25, -0.2) is 4.79 Å². The SMILES string of the molecule is CCCCCCC1OC(=O)C2OC(=O)CC12. The molecular formula is C12H18O4. The molecule has 0 aromatic carbocycles. The Labute approximate surface area is 95.3 Å². The van der Waals surface area contributed by atoms with Gasteiger partial charge in [0.15, 0.2) is 0 Å². The Balaban J connectivity index is 1.82. The second-order valence-electron chi connectivity index (χ2n) is 4.60. The summed E-state index contributed by atoms with van der Waals surface area (Å²) in [5, 5.41) is 0. The lowest BCUT2D eigenvalue weighted by molar-refractivity contribution is -0.158. The third-order valence-corrected chi connectivity index (χ3v) is 3.37. The molecular weight excluding hydrogens is 208 g/mol. The third kappa shape index (κ3) is 2.20. The molecule has 2 rings (SSSR count). The predicted octanol–water partition coefficient (Wildman–Crippen LogP) is 1.81. The highest BCUT2D eigenvalue weighted by atomic mass is 16.6. The minimum Gasteiger partial charge on any atom is -0.459 e. The zero-order valence-electron chi connectivity index (χ0n) is 9.61. The molecule has 0 N–H and O–H groups in total. The summed E-state index contributed by atoms with van der Waals surface area (Å²) < 4.78 is 10.2. The summed E-state index contributed by atoms with van der Waals surface area (Å²) in [6, 6.07) is 0. The molecule has 2 heterocycles. The zero-order chi connectivity index (χ0) is 11.5. The fourth-order valence-corrected chi connectivity index (χ4v) is 2.47. The molecule has 0 bridgehead atoms. The summed E-state index contributed by atoms with van der Waals surface area (Å²) in [6.45, 7) is 2.16. The number of fused-ring (bicyclic) bond motifs is 1. The fourth-order valence-electron chi connectivity index (χ4n) is 2.47. The van der Waals surface area contributed by atoms with E-state index in [2.05, 4.69) is 6.92 Å². The number of hydrogen-bond donors (Lipinski definition) is 0. The Hall–Kier alpha value is -1.06. The highest BCUT2D eigenvalue weighted by molar-refractivity contribution is 5.85. The van der Waals surface area contributed by atoms with Crippen LogP contribution in [0.1, 0.15) is 45.4 Å². The number of esters is 2. The Bertz CT molecular complexity index is 287. The van der Waals surface area contributed by atoms with Gasteiger partial charge in [-0.2, -0.15) is 0 Å². The maximum Gasteiger partial charge on any atom is 0.348 e. The van der Waals surface area contributed by atoms with Crippen molar-refractivity contribution in [2.75, 3.05) is 0 Å². The van der Waals surface area contributed by atoms with Crippen molar-refractivity contribution in [3.05, 3.63) is 0 Å². The number of rotatable bonds is 5. The first-order valence-electron chi connectivity index (χ1n) is 6.12. The third-order valence-electron chi connectivity index (χ3n) is 3.37. The maximum absolute atomic E-state index is 11.4. The van der Waals surface area contributed by atoms with Gasteiger partial charge in [0.1, 0.15) is 6.10 Å². The van der Waals surface area contributed by atoms with Gasteiger partial charge in [-0.15, -0.1) is 0 Å². The highest BCUT2D eigenvalue weighted by Gasteiger charge is 2.52. The quantitative estimate of drug-likeness (QED) is 0.530. The Kier molecular flexibility index (Phi) is 3.46. The van der Waals surface area contributed by atoms with Crippen LogP contribution in [-0.2, 0) is 19.1 Å². The van der Waals surface area contributed by atoms with Crippen LogP contribution in [0.25, 0.3) is 0 Å². The normalized spacial score (nSPS) is 32.4. The summed E-state index contributed by atoms with van der Waals surface area (Å²) in [4.78, 5) is 22.5. The van der Waals surface area contributed by atoms with Crippen molar-refractivity contribution < 1.29 is 19.1 Å². The van der Waals surface area contributed by atoms with Crippen LogP contribution in [0.3, 0.4) is 0 Å². The van der Waals surface area contributed by atoms with Crippen molar-refractivity contribution in [2.45, 2.75) is 57.7 Å². The second kappa shape index (κ2) is 4.85. The summed E-state index contributed by atoms with van der Waals surface area (Å²) in [5.41, 5.74) is 0. The molecule has 0 aromatic rings. The molecule has 4 heteroatoms. The van der Waals surface area contributed by atoms with Crippen molar-refractivity contribution in [1.82, 2.24) is 0 Å². The summed E-state index contributed by atoms with van der Waals surface area (Å²) >= 11 is 0. The van der Waals surface area contributed by atoms with Gasteiger partial charge in [0.05, 0.1) is 12.3 Å². The average Bonchev–Trinajstić information content (AvgIpc) is 2.75. The molecule has 0 spiro atoms. The van der Waals surface area contributed by atoms with Gasteiger partial charge in [0.25, 0.3) is 0 Å². The molecule has 2 saturated heterocycles. The van der Waals surface area contributed by atoms with E-state index >= 15 is 0 Å². The molecule has 0 radical (unpaired) electrons. The first kappa shape index (κ1) is 11.4. The Morgan fingerprint density at radius 3 is 2.75 bits per heavy atom. The summed E-state index contributed by atoms with van der Waals surface area (Å²) in [5.74, 6) is -0.636. The minimum atomic E-state index is -0.608. The standard InChI is InChI=1S/C12H18O4/c1-2-3-4-5-6-9-8-7-10(13)16-11(8)12(14)15-9/h8-9,11H,2-7H2,1H3. The van der Waals surface area contributed by atoms with Gasteiger partial charge in [-0.3, -0.25) is 4.79 Å². The largest absolute Gasteiger partial charge is 0.459 e. The first-order valence-corrected chi connectivity index (χ1v) is 6.12. The van der Waals surface area contributed by atoms with E-state index in [1.165, 1.54) is 12.8 Å². The van der Waals surface area contributed by atoms with Crippen LogP contribution in [-0.4, -0.2) is 24.1 Å². The number of cyclic esters (lactones) is 1. The lowest BCUT2D eigenvalue weighted by Crippen LogP contribution is -2.20. The summed E-state index contributed by atoms with van der Waals surface area (Å²) in [6.07, 6.45) is 5.13. The predicted molar refractivity (Wildman–Crippen MR) is 56.6 cm³/mol. The van der Waals surface area contributed by atoms with Gasteiger partial charge >= 0.3 is 11.9 Å². The van der Waals surface area contributed by atoms with Crippen molar-refractivity contribution in [2.24, 2.45) is 5.92 Å². The smallest absolute Gasteiger partial charge is 0.348 e. The van der Waals surface area contributed by atoms with E-state index in [-0.39, 0.29) is 24.0 Å². The minimum absolute atomic E-state index is 0.0263. The molecule has 0 aromatic heterocycles. The van der Waals surface area contributed by atoms with Crippen LogP contribution in [0.2, 0.25) is 0 Å². The number of carbonyl (C=O) groups is 2. The van der Waals surface area contributed by atoms with E-state index in [9.17, 15) is 9.59 Å². The number of hydrogen-bond acceptors (Lipinski definition) is 4. The van der Waals surface area contributed by atoms with E-state index in [1.807, 2.05) is 0 Å². The van der Waals surface area contributed by atoms with Gasteiger partial charge in [-0.05, 0) is 12.8 Å². The van der Waals surface area contributed by atoms with Crippen molar-refractivity contribution >= 4 is 11.9 Å². The first-order chi connectivity index (χ1) is 7.72. The average molecular weight is 226 g/mol. The lowest BCUT2D eigenvalue weighted by Gasteiger charge is -2.13. The monoisotopic (exact) mass is 226 g/mol. The van der Waals surface area contributed by atoms with E-state index < -0.39 is 6.10 Å². The van der Waals surface area contributed by atoms with Crippen molar-refractivity contribution in [3.63, 3.8) is 0 Å². The van der Waals surface area contributed by atoms with Crippen molar-refractivity contribution in [1.29, 1.82) is 0 Å². The van der Waals surface area contributed by atoms with Gasteiger partial charge in [0.2, 0.25) is 6.10 Å². The number of ether oxygens (including phenoxy) is 2. The van der Waals surface area contributed by atoms with Crippen LogP contribution in [0.5, 0.6) is 0 Å². The molecule has 4 nitrogen and oxygen atoms in total. The Morgan fingerprint density at radius 1 is 1.19 bits per heavy atom. The van der Waals surface area contributed by atoms with Crippen LogP contribution in [0.15, 0.2) is 0 Å². The lowest BCUT2D eigenvalue weighted by atomic mass is 9.93. The van der Waals surface area contributed by atoms with Gasteiger partial charge in [-0.1, -0.05) is 26.2 Å². The molecule has 16 heavy (non-hydrogen) atoms. The zero-order valence-corrected chi connectivity index (χ0v) is 9.61. The molecule has 2 fully saturated rings. The maximum atomic E-state index is 11.4. The van der Waals surface area contributed by atoms with E-state index in [0.29, 0.717) is 6.42 Å². The second-order valence-corrected chi connectivity index (χ2v) is 4.60. The highest BCUT2D eigenvalue weighted by Crippen LogP contribution is 2.36. The molecule has 90 valence electrons. The van der Waals surface area contributed by atoms with Crippen LogP contribution in [0, 0.1) is 5.92 Å². The topological polar surface area (TPSA) is 52.6 Å². The van der Waals surface area contributed by atoms with Crippen molar-refractivity contribution in [3.8, 4) is 0 Å². The van der Waals surface area contributed by atoms with Crippen LogP contribution in [0.4, 0.5) is 0 Å². The molecule has 0 aliphatic carbocycles. The van der Waals surface area contributed by atoms with E-state index in [4.69, 9.17) is 9.47 Å². The van der Waals surface area contributed by atoms with Crippen LogP contribution >= 0.6 is 0 Å². The number of unbranched alkanes of at least 4 members (excludes halogenated alkanes) is 3. The van der Waals surface area contributed by atoms with E-state index in [0.717, 1.165) is 19.3 Å².